The molecule has 0 aliphatic rings. The van der Waals surface area contributed by atoms with Gasteiger partial charge in [0, 0.05) is 16.3 Å². The average molecular weight is 413 g/mol. The highest BCUT2D eigenvalue weighted by atomic mass is 15.2. The lowest BCUT2D eigenvalue weighted by Crippen LogP contribution is -2.10. The van der Waals surface area contributed by atoms with E-state index in [1.54, 1.807) is 0 Å². The number of hydrogen-bond donors (Lipinski definition) is 2. The minimum Gasteiger partial charge on any atom is -0.323 e. The largest absolute Gasteiger partial charge is 0.323 e. The third kappa shape index (κ3) is 2.70. The van der Waals surface area contributed by atoms with Crippen LogP contribution in [0.1, 0.15) is 11.1 Å². The van der Waals surface area contributed by atoms with E-state index in [4.69, 9.17) is 5.84 Å². The molecule has 6 rings (SSSR count). The number of rotatable bonds is 3. The Morgan fingerprint density at radius 1 is 0.531 bits per heavy atom. The zero-order valence-electron chi connectivity index (χ0n) is 18.2. The standard InChI is InChI=1S/C30H24N2/c1-18-6-10-22(11-7-18)27-24-16-14-20-4-3-5-21-15-17-25(29(24)26(20)21)30(32-31)28(27)23-12-8-19(2)9-13-23/h3-17,32H,31H2,1-2H3. The summed E-state index contributed by atoms with van der Waals surface area (Å²) in [5.41, 5.74) is 11.3. The molecule has 0 radical (unpaired) electrons. The molecule has 2 nitrogen and oxygen atoms in total. The van der Waals surface area contributed by atoms with Crippen LogP contribution in [0.5, 0.6) is 0 Å². The molecule has 0 fully saturated rings. The maximum absolute atomic E-state index is 6.24. The SMILES string of the molecule is Cc1ccc(-c2c(NN)c3ccc4cccc5ccc(c2-c2ccc(C)cc2)c3c45)cc1. The summed E-state index contributed by atoms with van der Waals surface area (Å²) < 4.78 is 0. The second-order valence-electron chi connectivity index (χ2n) is 8.68. The van der Waals surface area contributed by atoms with Gasteiger partial charge < -0.3 is 5.43 Å². The number of anilines is 1. The molecule has 6 aromatic rings. The van der Waals surface area contributed by atoms with Gasteiger partial charge in [-0.1, -0.05) is 102 Å². The van der Waals surface area contributed by atoms with Crippen LogP contribution in [0.15, 0.2) is 91.0 Å². The lowest BCUT2D eigenvalue weighted by molar-refractivity contribution is 1.37. The molecule has 0 bridgehead atoms. The Morgan fingerprint density at radius 2 is 1.06 bits per heavy atom. The van der Waals surface area contributed by atoms with Gasteiger partial charge in [0.15, 0.2) is 0 Å². The third-order valence-electron chi connectivity index (χ3n) is 6.64. The Labute approximate surface area is 187 Å². The molecule has 0 aliphatic carbocycles. The van der Waals surface area contributed by atoms with Crippen molar-refractivity contribution >= 4 is 38.0 Å². The number of hydrazine groups is 1. The number of benzene rings is 6. The number of nitrogens with two attached hydrogens (primary N) is 1. The summed E-state index contributed by atoms with van der Waals surface area (Å²) in [5.74, 6) is 6.24. The quantitative estimate of drug-likeness (QED) is 0.177. The summed E-state index contributed by atoms with van der Waals surface area (Å²) in [6.45, 7) is 4.25. The molecule has 154 valence electrons. The predicted octanol–water partition coefficient (Wildman–Crippen LogP) is 7.82. The van der Waals surface area contributed by atoms with Gasteiger partial charge in [-0.25, -0.2) is 0 Å². The van der Waals surface area contributed by atoms with Crippen molar-refractivity contribution in [1.29, 1.82) is 0 Å². The minimum absolute atomic E-state index is 0.968. The number of nitrogens with one attached hydrogen (secondary N) is 1. The maximum atomic E-state index is 6.24. The van der Waals surface area contributed by atoms with E-state index < -0.39 is 0 Å². The lowest BCUT2D eigenvalue weighted by Gasteiger charge is -2.23. The van der Waals surface area contributed by atoms with Crippen LogP contribution in [0.25, 0.3) is 54.6 Å². The van der Waals surface area contributed by atoms with E-state index in [-0.39, 0.29) is 0 Å². The van der Waals surface area contributed by atoms with E-state index in [1.807, 2.05) is 0 Å². The van der Waals surface area contributed by atoms with Gasteiger partial charge in [0.1, 0.15) is 0 Å². The fraction of sp³-hybridized carbons (Fsp3) is 0.0667. The van der Waals surface area contributed by atoms with Crippen molar-refractivity contribution in [2.45, 2.75) is 13.8 Å². The zero-order chi connectivity index (χ0) is 21.8. The molecule has 0 spiro atoms. The predicted molar refractivity (Wildman–Crippen MR) is 138 cm³/mol. The summed E-state index contributed by atoms with van der Waals surface area (Å²) >= 11 is 0. The van der Waals surface area contributed by atoms with Gasteiger partial charge in [0.05, 0.1) is 5.69 Å². The Hall–Kier alpha value is -3.88. The zero-order valence-corrected chi connectivity index (χ0v) is 18.2. The second kappa shape index (κ2) is 7.08. The second-order valence-corrected chi connectivity index (χ2v) is 8.68. The molecule has 6 aromatic carbocycles. The highest BCUT2D eigenvalue weighted by molar-refractivity contribution is 6.30. The van der Waals surface area contributed by atoms with E-state index >= 15 is 0 Å². The summed E-state index contributed by atoms with van der Waals surface area (Å²) in [7, 11) is 0. The molecule has 0 saturated heterocycles. The van der Waals surface area contributed by atoms with Gasteiger partial charge in [-0.05, 0) is 52.1 Å². The van der Waals surface area contributed by atoms with Crippen LogP contribution in [0.3, 0.4) is 0 Å². The molecular formula is C30H24N2. The van der Waals surface area contributed by atoms with E-state index in [1.165, 1.54) is 49.2 Å². The first kappa shape index (κ1) is 18.9. The van der Waals surface area contributed by atoms with E-state index in [9.17, 15) is 0 Å². The molecular weight excluding hydrogens is 388 g/mol. The average Bonchev–Trinajstić information content (AvgIpc) is 2.83. The molecule has 0 aliphatic heterocycles. The molecule has 0 saturated carbocycles. The van der Waals surface area contributed by atoms with Gasteiger partial charge in [-0.2, -0.15) is 0 Å². The van der Waals surface area contributed by atoms with Crippen LogP contribution in [0.2, 0.25) is 0 Å². The van der Waals surface area contributed by atoms with Crippen LogP contribution < -0.4 is 11.3 Å². The van der Waals surface area contributed by atoms with Crippen molar-refractivity contribution in [1.82, 2.24) is 0 Å². The topological polar surface area (TPSA) is 38.0 Å². The monoisotopic (exact) mass is 412 g/mol. The minimum atomic E-state index is 0.968. The number of hydrogen-bond acceptors (Lipinski definition) is 2. The molecule has 3 N–H and O–H groups in total. The Balaban J connectivity index is 1.87. The molecule has 0 amide bonds. The van der Waals surface area contributed by atoms with Crippen molar-refractivity contribution in [2.75, 3.05) is 5.43 Å². The smallest absolute Gasteiger partial charge is 0.0649 e. The van der Waals surface area contributed by atoms with Crippen LogP contribution >= 0.6 is 0 Å². The number of aryl methyl sites for hydroxylation is 2. The highest BCUT2D eigenvalue weighted by Gasteiger charge is 2.21. The normalized spacial score (nSPS) is 11.6. The fourth-order valence-corrected chi connectivity index (χ4v) is 5.07. The molecule has 0 unspecified atom stereocenters. The van der Waals surface area contributed by atoms with Crippen molar-refractivity contribution in [2.24, 2.45) is 5.84 Å². The van der Waals surface area contributed by atoms with Gasteiger partial charge in [-0.15, -0.1) is 0 Å². The molecule has 32 heavy (non-hydrogen) atoms. The van der Waals surface area contributed by atoms with Crippen LogP contribution in [-0.4, -0.2) is 0 Å². The van der Waals surface area contributed by atoms with Crippen LogP contribution in [0.4, 0.5) is 5.69 Å². The Morgan fingerprint density at radius 3 is 1.62 bits per heavy atom. The molecule has 0 atom stereocenters. The first-order valence-electron chi connectivity index (χ1n) is 11.0. The summed E-state index contributed by atoms with van der Waals surface area (Å²) in [6, 6.07) is 33.0. The fourth-order valence-electron chi connectivity index (χ4n) is 5.07. The lowest BCUT2D eigenvalue weighted by atomic mass is 9.83. The van der Waals surface area contributed by atoms with Crippen LogP contribution in [0, 0.1) is 13.8 Å². The van der Waals surface area contributed by atoms with Gasteiger partial charge in [0.2, 0.25) is 0 Å². The Kier molecular flexibility index (Phi) is 4.17. The third-order valence-corrected chi connectivity index (χ3v) is 6.64. The molecule has 0 aromatic heterocycles. The Bertz CT molecular complexity index is 1580. The van der Waals surface area contributed by atoms with Crippen molar-refractivity contribution < 1.29 is 0 Å². The maximum Gasteiger partial charge on any atom is 0.0649 e. The van der Waals surface area contributed by atoms with Gasteiger partial charge >= 0.3 is 0 Å². The van der Waals surface area contributed by atoms with Gasteiger partial charge in [0.25, 0.3) is 0 Å². The van der Waals surface area contributed by atoms with Crippen molar-refractivity contribution in [3.05, 3.63) is 102 Å². The van der Waals surface area contributed by atoms with Crippen LogP contribution in [-0.2, 0) is 0 Å². The summed E-state index contributed by atoms with van der Waals surface area (Å²) in [6.07, 6.45) is 0. The first-order valence-corrected chi connectivity index (χ1v) is 11.0. The molecule has 2 heteroatoms. The van der Waals surface area contributed by atoms with Gasteiger partial charge in [-0.3, -0.25) is 5.84 Å². The van der Waals surface area contributed by atoms with E-state index in [0.717, 1.165) is 22.2 Å². The van der Waals surface area contributed by atoms with Crippen molar-refractivity contribution in [3.8, 4) is 22.3 Å². The van der Waals surface area contributed by atoms with E-state index in [2.05, 4.69) is 110 Å². The van der Waals surface area contributed by atoms with Crippen molar-refractivity contribution in [3.63, 3.8) is 0 Å². The van der Waals surface area contributed by atoms with E-state index in [0.29, 0.717) is 0 Å². The summed E-state index contributed by atoms with van der Waals surface area (Å²) in [5, 5.41) is 7.46. The number of nitrogen functional groups attached to an aromatic ring is 1. The molecule has 0 heterocycles. The first-order chi connectivity index (χ1) is 15.7. The highest BCUT2D eigenvalue weighted by Crippen LogP contribution is 2.49. The summed E-state index contributed by atoms with van der Waals surface area (Å²) in [4.78, 5) is 0.